The van der Waals surface area contributed by atoms with Crippen molar-refractivity contribution in [1.29, 1.82) is 0 Å². The number of halogens is 1. The fourth-order valence-corrected chi connectivity index (χ4v) is 1.12. The molecule has 0 fully saturated rings. The smallest absolute Gasteiger partial charge is 0.482 e. The number of rotatable bonds is 0. The first-order valence-corrected chi connectivity index (χ1v) is 5.12. The summed E-state index contributed by atoms with van der Waals surface area (Å²) in [6.45, 7) is 0. The van der Waals surface area contributed by atoms with E-state index >= 15 is 0 Å². The molecule has 1 radical (unpaired) electrons. The van der Waals surface area contributed by atoms with E-state index in [0.717, 1.165) is 0 Å². The van der Waals surface area contributed by atoms with Crippen LogP contribution < -0.4 is 0 Å². The first-order chi connectivity index (χ1) is 6.79. The van der Waals surface area contributed by atoms with Gasteiger partial charge in [0.25, 0.3) is 0 Å². The third-order valence-corrected chi connectivity index (χ3v) is 2.01. The quantitative estimate of drug-likeness (QED) is 0.400. The van der Waals surface area contributed by atoms with Crippen LogP contribution in [0.4, 0.5) is 5.82 Å². The number of nitrogens with zero attached hydrogens (tertiary/aromatic N) is 1. The average molecular weight is 360 g/mol. The molecule has 0 spiro atoms. The van der Waals surface area contributed by atoms with E-state index in [4.69, 9.17) is 5.73 Å². The fourth-order valence-electron chi connectivity index (χ4n) is 0.734. The predicted octanol–water partition coefficient (Wildman–Crippen LogP) is 3.85. The first kappa shape index (κ1) is 14.4. The zero-order valence-electron chi connectivity index (χ0n) is 7.75. The predicted molar refractivity (Wildman–Crippen MR) is 66.2 cm³/mol. The number of aromatic nitrogens is 1. The summed E-state index contributed by atoms with van der Waals surface area (Å²) in [5.74, 6) is 0.322. The second-order valence-electron chi connectivity index (χ2n) is 2.43. The Balaban J connectivity index is 0.000000245. The van der Waals surface area contributed by atoms with Crippen LogP contribution in [0.25, 0.3) is 5.73 Å². The normalized spacial score (nSPS) is 8.07. The maximum absolute atomic E-state index is 6.88. The van der Waals surface area contributed by atoms with Crippen LogP contribution in [0.5, 0.6) is 0 Å². The zero-order valence-corrected chi connectivity index (χ0v) is 10.8. The van der Waals surface area contributed by atoms with Crippen molar-refractivity contribution in [3.8, 4) is 0 Å². The van der Waals surface area contributed by atoms with Gasteiger partial charge in [-0.25, -0.2) is 0 Å². The van der Waals surface area contributed by atoms with Gasteiger partial charge in [-0.1, -0.05) is 52.8 Å². The molecular formula is C11H9CuIN2. The molecule has 1 heterocycles. The van der Waals surface area contributed by atoms with Crippen molar-refractivity contribution in [3.05, 3.63) is 64.0 Å². The molecule has 0 aliphatic carbocycles. The number of pyridine rings is 1. The molecule has 2 rings (SSSR count). The van der Waals surface area contributed by atoms with E-state index in [1.165, 1.54) is 3.57 Å². The third kappa shape index (κ3) is 7.36. The van der Waals surface area contributed by atoms with Gasteiger partial charge in [0, 0.05) is 0 Å². The first-order valence-electron chi connectivity index (χ1n) is 4.04. The Bertz CT molecular complexity index is 316. The molecule has 0 aliphatic rings. The minimum Gasteiger partial charge on any atom is -0.482 e. The van der Waals surface area contributed by atoms with E-state index in [-0.39, 0.29) is 17.1 Å². The molecule has 1 aromatic carbocycles. The Kier molecular flexibility index (Phi) is 8.37. The third-order valence-electron chi connectivity index (χ3n) is 1.34. The van der Waals surface area contributed by atoms with E-state index in [0.29, 0.717) is 5.82 Å². The van der Waals surface area contributed by atoms with Gasteiger partial charge in [-0.2, -0.15) is 30.3 Å². The summed E-state index contributed by atoms with van der Waals surface area (Å²) >= 11 is 2.22. The molecule has 1 aromatic heterocycles. The molecule has 2 nitrogen and oxygen atoms in total. The van der Waals surface area contributed by atoms with Crippen LogP contribution >= 0.6 is 22.6 Å². The fraction of sp³-hybridized carbons (Fsp3) is 0. The van der Waals surface area contributed by atoms with E-state index < -0.39 is 0 Å². The maximum atomic E-state index is 6.88. The molecule has 15 heavy (non-hydrogen) atoms. The van der Waals surface area contributed by atoms with Crippen molar-refractivity contribution < 1.29 is 17.1 Å². The zero-order chi connectivity index (χ0) is 10.2. The van der Waals surface area contributed by atoms with E-state index in [1.807, 2.05) is 24.3 Å². The van der Waals surface area contributed by atoms with Gasteiger partial charge in [-0.3, -0.25) is 0 Å². The molecule has 0 unspecified atom stereocenters. The van der Waals surface area contributed by atoms with Crippen LogP contribution in [0.15, 0.2) is 48.7 Å². The Hall–Kier alpha value is -0.581. The molecule has 2 aromatic rings. The van der Waals surface area contributed by atoms with Crippen molar-refractivity contribution in [1.82, 2.24) is 4.98 Å². The summed E-state index contributed by atoms with van der Waals surface area (Å²) < 4.78 is 1.17. The summed E-state index contributed by atoms with van der Waals surface area (Å²) in [6.07, 6.45) is 1.60. The van der Waals surface area contributed by atoms with Gasteiger partial charge in [0.1, 0.15) is 0 Å². The Morgan fingerprint density at radius 1 is 1.13 bits per heavy atom. The van der Waals surface area contributed by atoms with Gasteiger partial charge in [0.15, 0.2) is 0 Å². The molecule has 4 heteroatoms. The Morgan fingerprint density at radius 3 is 2.13 bits per heavy atom. The number of hydrogen-bond acceptors (Lipinski definition) is 1. The second-order valence-corrected chi connectivity index (χ2v) is 3.59. The van der Waals surface area contributed by atoms with Crippen LogP contribution in [-0.2, 0) is 17.1 Å². The molecular weight excluding hydrogens is 351 g/mol. The molecule has 0 aliphatic heterocycles. The van der Waals surface area contributed by atoms with E-state index in [1.54, 1.807) is 24.4 Å². The SMILES string of the molecule is Ic1[c-]cccc1.[Cu+2].[NH-]c1ccccn1. The van der Waals surface area contributed by atoms with E-state index in [9.17, 15) is 0 Å². The van der Waals surface area contributed by atoms with Crippen molar-refractivity contribution in [2.75, 3.05) is 0 Å². The van der Waals surface area contributed by atoms with Crippen molar-refractivity contribution in [3.63, 3.8) is 0 Å². The summed E-state index contributed by atoms with van der Waals surface area (Å²) in [5.41, 5.74) is 6.88. The molecule has 0 amide bonds. The van der Waals surface area contributed by atoms with Crippen molar-refractivity contribution in [2.24, 2.45) is 0 Å². The minimum atomic E-state index is 0. The van der Waals surface area contributed by atoms with Crippen molar-refractivity contribution in [2.45, 2.75) is 0 Å². The van der Waals surface area contributed by atoms with Crippen LogP contribution in [0.2, 0.25) is 0 Å². The minimum absolute atomic E-state index is 0. The number of nitrogens with one attached hydrogen (secondary N) is 1. The van der Waals surface area contributed by atoms with Crippen LogP contribution in [0.1, 0.15) is 0 Å². The summed E-state index contributed by atoms with van der Waals surface area (Å²) in [4.78, 5) is 3.65. The topological polar surface area (TPSA) is 36.7 Å². The maximum Gasteiger partial charge on any atom is 2.00 e. The summed E-state index contributed by atoms with van der Waals surface area (Å²) in [5, 5.41) is 0. The Labute approximate surface area is 114 Å². The van der Waals surface area contributed by atoms with Gasteiger partial charge in [0.2, 0.25) is 0 Å². The second kappa shape index (κ2) is 8.71. The molecule has 0 atom stereocenters. The summed E-state index contributed by atoms with van der Waals surface area (Å²) in [7, 11) is 0. The molecule has 0 saturated carbocycles. The van der Waals surface area contributed by atoms with Crippen LogP contribution in [-0.4, -0.2) is 4.98 Å². The molecule has 1 N–H and O–H groups in total. The number of hydrogen-bond donors (Lipinski definition) is 0. The van der Waals surface area contributed by atoms with E-state index in [2.05, 4.69) is 33.6 Å². The monoisotopic (exact) mass is 359 g/mol. The molecule has 0 saturated heterocycles. The summed E-state index contributed by atoms with van der Waals surface area (Å²) in [6, 6.07) is 16.1. The average Bonchev–Trinajstić information content (AvgIpc) is 2.21. The van der Waals surface area contributed by atoms with Gasteiger partial charge in [0.05, 0.1) is 0 Å². The standard InChI is InChI=1S/C6H4I.C5H5N2.Cu/c7-6-4-2-1-3-5-6;6-5-3-1-2-4-7-5;/h1-4H;1-4H,(H-,6,7);/q2*-1;+2. The van der Waals surface area contributed by atoms with Gasteiger partial charge >= 0.3 is 17.1 Å². The van der Waals surface area contributed by atoms with Crippen LogP contribution in [0, 0.1) is 9.64 Å². The Morgan fingerprint density at radius 2 is 1.87 bits per heavy atom. The van der Waals surface area contributed by atoms with Gasteiger partial charge < -0.3 is 10.7 Å². The van der Waals surface area contributed by atoms with Gasteiger partial charge in [-0.05, 0) is 0 Å². The van der Waals surface area contributed by atoms with Gasteiger partial charge in [-0.15, -0.1) is 3.57 Å². The van der Waals surface area contributed by atoms with Crippen LogP contribution in [0.3, 0.4) is 0 Å². The largest absolute Gasteiger partial charge is 2.00 e. The number of benzene rings is 1. The van der Waals surface area contributed by atoms with Crippen molar-refractivity contribution >= 4 is 28.4 Å². The molecule has 0 bridgehead atoms. The molecule has 81 valence electrons.